The number of hydrogen-bond donors (Lipinski definition) is 3. The Morgan fingerprint density at radius 2 is 2.19 bits per heavy atom. The molecular weight excluding hydrogens is 350 g/mol. The smallest absolute Gasteiger partial charge is 0.252 e. The number of aromatic amines is 1. The number of nitrogen functional groups attached to an aromatic ring is 1. The van der Waals surface area contributed by atoms with E-state index in [1.807, 2.05) is 0 Å². The first-order valence-corrected chi connectivity index (χ1v) is 9.09. The van der Waals surface area contributed by atoms with Gasteiger partial charge in [0.25, 0.3) is 5.56 Å². The monoisotopic (exact) mass is 375 g/mol. The van der Waals surface area contributed by atoms with Crippen LogP contribution >= 0.6 is 0 Å². The highest BCUT2D eigenvalue weighted by Crippen LogP contribution is 2.17. The molecule has 3 heterocycles. The summed E-state index contributed by atoms with van der Waals surface area (Å²) >= 11 is 0. The van der Waals surface area contributed by atoms with Crippen molar-refractivity contribution in [2.45, 2.75) is 39.3 Å². The van der Waals surface area contributed by atoms with Crippen LogP contribution in [0.15, 0.2) is 10.9 Å². The van der Waals surface area contributed by atoms with Crippen LogP contribution in [-0.4, -0.2) is 60.6 Å². The van der Waals surface area contributed by atoms with E-state index in [0.717, 1.165) is 19.0 Å². The highest BCUT2D eigenvalue weighted by atomic mass is 16.2. The maximum absolute atomic E-state index is 12.2. The van der Waals surface area contributed by atoms with Gasteiger partial charge in [0.05, 0.1) is 6.54 Å². The molecule has 0 saturated carbocycles. The molecule has 4 N–H and O–H groups in total. The maximum atomic E-state index is 12.2. The lowest BCUT2D eigenvalue weighted by molar-refractivity contribution is -0.121. The molecule has 1 amide bonds. The van der Waals surface area contributed by atoms with Crippen molar-refractivity contribution >= 4 is 11.7 Å². The summed E-state index contributed by atoms with van der Waals surface area (Å²) < 4.78 is 1.52. The average Bonchev–Trinajstić information content (AvgIpc) is 3.03. The number of carbonyl (C=O) groups excluding carboxylic acids is 1. The van der Waals surface area contributed by atoms with Gasteiger partial charge in [-0.2, -0.15) is 0 Å². The number of hydrogen-bond acceptors (Lipinski definition) is 8. The van der Waals surface area contributed by atoms with Crippen molar-refractivity contribution in [1.29, 1.82) is 0 Å². The number of H-pyrrole nitrogens is 1. The number of rotatable bonds is 7. The second-order valence-corrected chi connectivity index (χ2v) is 6.93. The molecule has 0 unspecified atom stereocenters. The van der Waals surface area contributed by atoms with Crippen LogP contribution in [0.2, 0.25) is 0 Å². The van der Waals surface area contributed by atoms with Crippen LogP contribution in [0.4, 0.5) is 5.82 Å². The van der Waals surface area contributed by atoms with Gasteiger partial charge in [-0.15, -0.1) is 5.10 Å². The molecule has 3 rings (SSSR count). The highest BCUT2D eigenvalue weighted by molar-refractivity contribution is 5.75. The summed E-state index contributed by atoms with van der Waals surface area (Å²) in [6, 6.07) is 1.21. The molecule has 27 heavy (non-hydrogen) atoms. The lowest BCUT2D eigenvalue weighted by atomic mass is 9.99. The SMILES string of the molecule is CC1CCN(Cc2nnnn2CC(=O)NCCc2nc(N)cc(=O)[nH]2)CC1. The lowest BCUT2D eigenvalue weighted by Crippen LogP contribution is -2.35. The van der Waals surface area contributed by atoms with E-state index in [-0.39, 0.29) is 23.8 Å². The molecule has 0 spiro atoms. The summed E-state index contributed by atoms with van der Waals surface area (Å²) in [4.78, 5) is 32.4. The van der Waals surface area contributed by atoms with Crippen LogP contribution in [0.1, 0.15) is 31.4 Å². The zero-order chi connectivity index (χ0) is 19.2. The first-order valence-electron chi connectivity index (χ1n) is 9.09. The third-order valence-electron chi connectivity index (χ3n) is 4.64. The Hall–Kier alpha value is -2.82. The Balaban J connectivity index is 1.47. The van der Waals surface area contributed by atoms with Crippen LogP contribution < -0.4 is 16.6 Å². The minimum absolute atomic E-state index is 0.0491. The summed E-state index contributed by atoms with van der Waals surface area (Å²) in [5.74, 6) is 1.82. The summed E-state index contributed by atoms with van der Waals surface area (Å²) in [7, 11) is 0. The number of tetrazole rings is 1. The Morgan fingerprint density at radius 1 is 1.41 bits per heavy atom. The largest absolute Gasteiger partial charge is 0.383 e. The number of aromatic nitrogens is 6. The second-order valence-electron chi connectivity index (χ2n) is 6.93. The summed E-state index contributed by atoms with van der Waals surface area (Å²) in [5, 5.41) is 14.4. The van der Waals surface area contributed by atoms with E-state index >= 15 is 0 Å². The summed E-state index contributed by atoms with van der Waals surface area (Å²) in [5.41, 5.74) is 5.22. The van der Waals surface area contributed by atoms with Gasteiger partial charge < -0.3 is 16.0 Å². The average molecular weight is 375 g/mol. The first kappa shape index (κ1) is 19.0. The molecule has 0 aliphatic carbocycles. The molecule has 0 bridgehead atoms. The van der Waals surface area contributed by atoms with E-state index in [0.29, 0.717) is 31.2 Å². The fraction of sp³-hybridized carbons (Fsp3) is 0.625. The van der Waals surface area contributed by atoms with E-state index < -0.39 is 0 Å². The second kappa shape index (κ2) is 8.71. The van der Waals surface area contributed by atoms with Crippen molar-refractivity contribution in [2.24, 2.45) is 5.92 Å². The number of nitrogens with one attached hydrogen (secondary N) is 2. The van der Waals surface area contributed by atoms with Crippen LogP contribution in [-0.2, 0) is 24.3 Å². The predicted molar refractivity (Wildman–Crippen MR) is 97.5 cm³/mol. The van der Waals surface area contributed by atoms with Crippen molar-refractivity contribution in [2.75, 3.05) is 25.4 Å². The highest BCUT2D eigenvalue weighted by Gasteiger charge is 2.19. The van der Waals surface area contributed by atoms with E-state index in [1.165, 1.54) is 23.6 Å². The summed E-state index contributed by atoms with van der Waals surface area (Å²) in [6.45, 7) is 5.32. The first-order chi connectivity index (χ1) is 13.0. The molecule has 0 atom stereocenters. The zero-order valence-electron chi connectivity index (χ0n) is 15.4. The number of nitrogens with zero attached hydrogens (tertiary/aromatic N) is 6. The molecule has 1 aliphatic rings. The Bertz CT molecular complexity index is 823. The fourth-order valence-corrected chi connectivity index (χ4v) is 3.04. The molecule has 11 nitrogen and oxygen atoms in total. The van der Waals surface area contributed by atoms with Crippen LogP contribution in [0.25, 0.3) is 0 Å². The molecule has 11 heteroatoms. The van der Waals surface area contributed by atoms with E-state index in [1.54, 1.807) is 0 Å². The number of anilines is 1. The molecule has 2 aromatic heterocycles. The van der Waals surface area contributed by atoms with Crippen molar-refractivity contribution in [3.8, 4) is 0 Å². The number of amides is 1. The van der Waals surface area contributed by atoms with Gasteiger partial charge in [0.15, 0.2) is 5.82 Å². The Kier molecular flexibility index (Phi) is 6.12. The molecule has 0 radical (unpaired) electrons. The van der Waals surface area contributed by atoms with Crippen LogP contribution in [0, 0.1) is 5.92 Å². The van der Waals surface area contributed by atoms with E-state index in [4.69, 9.17) is 5.73 Å². The van der Waals surface area contributed by atoms with Crippen molar-refractivity contribution in [3.63, 3.8) is 0 Å². The normalized spacial score (nSPS) is 15.7. The van der Waals surface area contributed by atoms with Gasteiger partial charge in [-0.1, -0.05) is 6.92 Å². The van der Waals surface area contributed by atoms with Gasteiger partial charge >= 0.3 is 0 Å². The Morgan fingerprint density at radius 3 is 2.93 bits per heavy atom. The van der Waals surface area contributed by atoms with Crippen molar-refractivity contribution in [3.05, 3.63) is 28.1 Å². The minimum Gasteiger partial charge on any atom is -0.383 e. The van der Waals surface area contributed by atoms with Gasteiger partial charge in [0.2, 0.25) is 5.91 Å². The minimum atomic E-state index is -0.311. The number of nitrogens with two attached hydrogens (primary N) is 1. The van der Waals surface area contributed by atoms with Gasteiger partial charge in [0.1, 0.15) is 18.2 Å². The quantitative estimate of drug-likeness (QED) is 0.554. The maximum Gasteiger partial charge on any atom is 0.252 e. The number of likely N-dealkylation sites (tertiary alicyclic amines) is 1. The van der Waals surface area contributed by atoms with Gasteiger partial charge in [-0.05, 0) is 42.3 Å². The van der Waals surface area contributed by atoms with Gasteiger partial charge in [-0.25, -0.2) is 9.67 Å². The molecular formula is C16H25N9O2. The fourth-order valence-electron chi connectivity index (χ4n) is 3.04. The zero-order valence-corrected chi connectivity index (χ0v) is 15.4. The van der Waals surface area contributed by atoms with Gasteiger partial charge in [-0.3, -0.25) is 14.5 Å². The van der Waals surface area contributed by atoms with Crippen LogP contribution in [0.3, 0.4) is 0 Å². The third kappa shape index (κ3) is 5.58. The standard InChI is InChI=1S/C16H25N9O2/c1-11-3-6-24(7-4-11)9-14-21-22-23-25(14)10-16(27)18-5-2-13-19-12(17)8-15(26)20-13/h8,11H,2-7,9-10H2,1H3,(H,18,27)(H3,17,19,20,26). The molecule has 1 fully saturated rings. The third-order valence-corrected chi connectivity index (χ3v) is 4.64. The molecule has 1 aliphatic heterocycles. The molecule has 0 aromatic carbocycles. The lowest BCUT2D eigenvalue weighted by Gasteiger charge is -2.29. The van der Waals surface area contributed by atoms with Gasteiger partial charge in [0, 0.05) is 19.0 Å². The molecule has 2 aromatic rings. The summed E-state index contributed by atoms with van der Waals surface area (Å²) in [6.07, 6.45) is 2.71. The van der Waals surface area contributed by atoms with Crippen molar-refractivity contribution in [1.82, 2.24) is 40.4 Å². The van der Waals surface area contributed by atoms with E-state index in [2.05, 4.69) is 42.6 Å². The Labute approximate surface area is 156 Å². The number of carbonyl (C=O) groups is 1. The molecule has 146 valence electrons. The van der Waals surface area contributed by atoms with Crippen LogP contribution in [0.5, 0.6) is 0 Å². The van der Waals surface area contributed by atoms with E-state index in [9.17, 15) is 9.59 Å². The number of piperidine rings is 1. The predicted octanol–water partition coefficient (Wildman–Crippen LogP) is -1.07. The molecule has 1 saturated heterocycles. The topological polar surface area (TPSA) is 148 Å². The van der Waals surface area contributed by atoms with Crippen molar-refractivity contribution < 1.29 is 4.79 Å².